The Bertz CT molecular complexity index is 1190. The molecule has 1 aliphatic heterocycles. The molecule has 0 saturated carbocycles. The molecule has 6 nitrogen and oxygen atoms in total. The Hall–Kier alpha value is -3.19. The number of nitrogen functional groups attached to an aromatic ring is 1. The van der Waals surface area contributed by atoms with Gasteiger partial charge in [-0.2, -0.15) is 0 Å². The van der Waals surface area contributed by atoms with Crippen molar-refractivity contribution in [3.8, 4) is 5.75 Å². The standard InChI is InChI=1S/C20H18FN5O/c1-27-17-4-2-3-16-18(17)24-20(22)26-11-15(23-19(16)26)10-25-8-12-5-6-14(21)7-13(12)9-25/h2-7,11H,8-10H2,1H3,(H2,22,24). The van der Waals surface area contributed by atoms with Crippen LogP contribution >= 0.6 is 0 Å². The number of methoxy groups -OCH3 is 1. The second-order valence-electron chi connectivity index (χ2n) is 6.81. The molecule has 0 aliphatic carbocycles. The largest absolute Gasteiger partial charge is 0.494 e. The minimum absolute atomic E-state index is 0.192. The van der Waals surface area contributed by atoms with Gasteiger partial charge in [0.25, 0.3) is 0 Å². The van der Waals surface area contributed by atoms with Crippen molar-refractivity contribution in [2.75, 3.05) is 12.8 Å². The molecule has 2 aromatic carbocycles. The lowest BCUT2D eigenvalue weighted by atomic mass is 10.1. The summed E-state index contributed by atoms with van der Waals surface area (Å²) in [6, 6.07) is 10.7. The maximum atomic E-state index is 13.4. The highest BCUT2D eigenvalue weighted by molar-refractivity contribution is 5.96. The van der Waals surface area contributed by atoms with Crippen molar-refractivity contribution in [1.82, 2.24) is 19.3 Å². The molecule has 2 aromatic heterocycles. The number of hydrogen-bond donors (Lipinski definition) is 1. The normalized spacial score (nSPS) is 14.1. The molecule has 0 amide bonds. The smallest absolute Gasteiger partial charge is 0.206 e. The van der Waals surface area contributed by atoms with E-state index in [0.29, 0.717) is 30.3 Å². The van der Waals surface area contributed by atoms with E-state index in [1.165, 1.54) is 6.07 Å². The van der Waals surface area contributed by atoms with E-state index in [1.807, 2.05) is 30.5 Å². The maximum Gasteiger partial charge on any atom is 0.206 e. The Labute approximate surface area is 155 Å². The fraction of sp³-hybridized carbons (Fsp3) is 0.200. The Kier molecular flexibility index (Phi) is 3.51. The van der Waals surface area contributed by atoms with Crippen LogP contribution in [-0.2, 0) is 19.6 Å². The van der Waals surface area contributed by atoms with Crippen LogP contribution in [0.1, 0.15) is 16.8 Å². The van der Waals surface area contributed by atoms with Crippen LogP contribution in [0.4, 0.5) is 10.3 Å². The van der Waals surface area contributed by atoms with Crippen LogP contribution in [0.5, 0.6) is 5.75 Å². The van der Waals surface area contributed by atoms with Crippen LogP contribution in [0, 0.1) is 5.82 Å². The van der Waals surface area contributed by atoms with Gasteiger partial charge >= 0.3 is 0 Å². The molecule has 2 N–H and O–H groups in total. The second-order valence-corrected chi connectivity index (χ2v) is 6.81. The average molecular weight is 363 g/mol. The summed E-state index contributed by atoms with van der Waals surface area (Å²) in [5, 5.41) is 0.890. The third-order valence-electron chi connectivity index (χ3n) is 5.03. The van der Waals surface area contributed by atoms with E-state index in [-0.39, 0.29) is 5.82 Å². The lowest BCUT2D eigenvalue weighted by molar-refractivity contribution is 0.272. The first-order chi connectivity index (χ1) is 13.1. The van der Waals surface area contributed by atoms with E-state index in [2.05, 4.69) is 9.88 Å². The number of hydrogen-bond acceptors (Lipinski definition) is 5. The third-order valence-corrected chi connectivity index (χ3v) is 5.03. The molecule has 0 unspecified atom stereocenters. The average Bonchev–Trinajstić information content (AvgIpc) is 3.25. The number of fused-ring (bicyclic) bond motifs is 4. The highest BCUT2D eigenvalue weighted by Gasteiger charge is 2.21. The molecule has 4 aromatic rings. The topological polar surface area (TPSA) is 68.7 Å². The molecule has 0 spiro atoms. The zero-order valence-electron chi connectivity index (χ0n) is 14.8. The molecule has 27 heavy (non-hydrogen) atoms. The molecule has 3 heterocycles. The number of halogens is 1. The summed E-state index contributed by atoms with van der Waals surface area (Å²) in [5.74, 6) is 0.846. The van der Waals surface area contributed by atoms with Gasteiger partial charge in [-0.25, -0.2) is 14.4 Å². The molecule has 136 valence electrons. The Balaban J connectivity index is 1.52. The van der Waals surface area contributed by atoms with Crippen molar-refractivity contribution in [3.05, 3.63) is 65.2 Å². The Morgan fingerprint density at radius 2 is 2.00 bits per heavy atom. The van der Waals surface area contributed by atoms with Gasteiger partial charge in [0.1, 0.15) is 22.7 Å². The zero-order valence-corrected chi connectivity index (χ0v) is 14.8. The van der Waals surface area contributed by atoms with Gasteiger partial charge in [-0.15, -0.1) is 0 Å². The molecule has 0 fully saturated rings. The molecule has 0 atom stereocenters. The number of rotatable bonds is 3. The third kappa shape index (κ3) is 2.59. The summed E-state index contributed by atoms with van der Waals surface area (Å²) >= 11 is 0. The van der Waals surface area contributed by atoms with Crippen LogP contribution in [0.2, 0.25) is 0 Å². The molecule has 0 bridgehead atoms. The summed E-state index contributed by atoms with van der Waals surface area (Å²) < 4.78 is 20.6. The monoisotopic (exact) mass is 363 g/mol. The Morgan fingerprint density at radius 3 is 2.85 bits per heavy atom. The summed E-state index contributed by atoms with van der Waals surface area (Å²) in [6.07, 6.45) is 1.92. The Morgan fingerprint density at radius 1 is 1.15 bits per heavy atom. The van der Waals surface area contributed by atoms with Crippen LogP contribution in [-0.4, -0.2) is 26.4 Å². The van der Waals surface area contributed by atoms with Crippen molar-refractivity contribution < 1.29 is 9.13 Å². The SMILES string of the molecule is COc1cccc2c1nc(N)n1cc(CN3Cc4ccc(F)cc4C3)nc21. The summed E-state index contributed by atoms with van der Waals surface area (Å²) in [6.45, 7) is 2.15. The van der Waals surface area contributed by atoms with E-state index in [0.717, 1.165) is 34.4 Å². The predicted octanol–water partition coefficient (Wildman–Crippen LogP) is 3.13. The van der Waals surface area contributed by atoms with Gasteiger partial charge in [-0.3, -0.25) is 9.30 Å². The molecule has 7 heteroatoms. The van der Waals surface area contributed by atoms with Gasteiger partial charge in [-0.05, 0) is 35.4 Å². The van der Waals surface area contributed by atoms with E-state index in [1.54, 1.807) is 17.6 Å². The second kappa shape index (κ2) is 5.92. The van der Waals surface area contributed by atoms with E-state index < -0.39 is 0 Å². The quantitative estimate of drug-likeness (QED) is 0.606. The minimum Gasteiger partial charge on any atom is -0.494 e. The molecule has 5 rings (SSSR count). The molecule has 0 saturated heterocycles. The number of nitrogens with two attached hydrogens (primary N) is 1. The number of para-hydroxylation sites is 1. The summed E-state index contributed by atoms with van der Waals surface area (Å²) in [4.78, 5) is 11.5. The number of ether oxygens (including phenoxy) is 1. The summed E-state index contributed by atoms with van der Waals surface area (Å²) in [7, 11) is 1.61. The highest BCUT2D eigenvalue weighted by atomic mass is 19.1. The number of nitrogens with zero attached hydrogens (tertiary/aromatic N) is 4. The van der Waals surface area contributed by atoms with Crippen molar-refractivity contribution >= 4 is 22.5 Å². The van der Waals surface area contributed by atoms with Gasteiger partial charge in [0.15, 0.2) is 0 Å². The first-order valence-electron chi connectivity index (χ1n) is 8.72. The van der Waals surface area contributed by atoms with Crippen molar-refractivity contribution in [3.63, 3.8) is 0 Å². The number of anilines is 1. The van der Waals surface area contributed by atoms with Gasteiger partial charge < -0.3 is 10.5 Å². The summed E-state index contributed by atoms with van der Waals surface area (Å²) in [5.41, 5.74) is 10.7. The molecule has 1 aliphatic rings. The lowest BCUT2D eigenvalue weighted by Crippen LogP contribution is -2.15. The minimum atomic E-state index is -0.192. The van der Waals surface area contributed by atoms with Crippen LogP contribution in [0.25, 0.3) is 16.6 Å². The first-order valence-corrected chi connectivity index (χ1v) is 8.72. The van der Waals surface area contributed by atoms with E-state index in [9.17, 15) is 4.39 Å². The van der Waals surface area contributed by atoms with Crippen molar-refractivity contribution in [1.29, 1.82) is 0 Å². The van der Waals surface area contributed by atoms with Gasteiger partial charge in [0.05, 0.1) is 12.8 Å². The molecule has 0 radical (unpaired) electrons. The van der Waals surface area contributed by atoms with E-state index >= 15 is 0 Å². The number of imidazole rings is 1. The first kappa shape index (κ1) is 16.0. The maximum absolute atomic E-state index is 13.4. The van der Waals surface area contributed by atoms with Crippen LogP contribution in [0.15, 0.2) is 42.6 Å². The molecular weight excluding hydrogens is 345 g/mol. The fourth-order valence-electron chi connectivity index (χ4n) is 3.80. The number of aromatic nitrogens is 3. The number of benzene rings is 2. The van der Waals surface area contributed by atoms with E-state index in [4.69, 9.17) is 15.5 Å². The van der Waals surface area contributed by atoms with Crippen LogP contribution in [0.3, 0.4) is 0 Å². The lowest BCUT2D eigenvalue weighted by Gasteiger charge is -2.12. The fourth-order valence-corrected chi connectivity index (χ4v) is 3.80. The molecular formula is C20H18FN5O. The van der Waals surface area contributed by atoms with Crippen molar-refractivity contribution in [2.24, 2.45) is 0 Å². The van der Waals surface area contributed by atoms with Crippen molar-refractivity contribution in [2.45, 2.75) is 19.6 Å². The van der Waals surface area contributed by atoms with Gasteiger partial charge in [0, 0.05) is 31.2 Å². The zero-order chi connectivity index (χ0) is 18.5. The predicted molar refractivity (Wildman–Crippen MR) is 101 cm³/mol. The van der Waals surface area contributed by atoms with Gasteiger partial charge in [-0.1, -0.05) is 12.1 Å². The van der Waals surface area contributed by atoms with Gasteiger partial charge in [0.2, 0.25) is 5.95 Å². The highest BCUT2D eigenvalue weighted by Crippen LogP contribution is 2.29. The van der Waals surface area contributed by atoms with Crippen LogP contribution < -0.4 is 10.5 Å².